The fraction of sp³-hybridized carbons (Fsp3) is 0.417. The molecule has 3 N–H and O–H groups in total. The van der Waals surface area contributed by atoms with E-state index in [0.717, 1.165) is 4.31 Å². The Morgan fingerprint density at radius 2 is 1.85 bits per heavy atom. The van der Waals surface area contributed by atoms with Crippen LogP contribution in [-0.4, -0.2) is 58.3 Å². The average molecular weight is 300 g/mol. The molecule has 0 unspecified atom stereocenters. The monoisotopic (exact) mass is 300 g/mol. The number of rotatable bonds is 5. The molecule has 0 heterocycles. The molecule has 1 aromatic carbocycles. The van der Waals surface area contributed by atoms with Crippen LogP contribution in [0, 0.1) is 0 Å². The normalized spacial score (nSPS) is 11.4. The Hall–Kier alpha value is -1.80. The molecule has 0 saturated heterocycles. The lowest BCUT2D eigenvalue weighted by atomic mass is 10.2. The van der Waals surface area contributed by atoms with Crippen molar-refractivity contribution in [2.45, 2.75) is 4.90 Å². The van der Waals surface area contributed by atoms with E-state index in [4.69, 9.17) is 5.73 Å². The van der Waals surface area contributed by atoms with Crippen molar-refractivity contribution in [3.05, 3.63) is 18.2 Å². The van der Waals surface area contributed by atoms with E-state index in [0.29, 0.717) is 5.69 Å². The molecule has 1 rings (SSSR count). The Balaban J connectivity index is 2.92. The van der Waals surface area contributed by atoms with Crippen LogP contribution in [-0.2, 0) is 14.8 Å². The van der Waals surface area contributed by atoms with Gasteiger partial charge in [-0.1, -0.05) is 0 Å². The quantitative estimate of drug-likeness (QED) is 0.747. The van der Waals surface area contributed by atoms with Gasteiger partial charge in [0.1, 0.15) is 0 Å². The summed E-state index contributed by atoms with van der Waals surface area (Å²) >= 11 is 0. The number of anilines is 2. The molecule has 0 aliphatic rings. The van der Waals surface area contributed by atoms with Crippen molar-refractivity contribution in [2.75, 3.05) is 45.8 Å². The molecule has 112 valence electrons. The van der Waals surface area contributed by atoms with E-state index >= 15 is 0 Å². The summed E-state index contributed by atoms with van der Waals surface area (Å²) in [6, 6.07) is 4.38. The number of hydrogen-bond acceptors (Lipinski definition) is 5. The van der Waals surface area contributed by atoms with Gasteiger partial charge in [0, 0.05) is 28.2 Å². The van der Waals surface area contributed by atoms with Crippen LogP contribution in [0.15, 0.2) is 23.1 Å². The molecule has 0 aromatic heterocycles. The molecule has 20 heavy (non-hydrogen) atoms. The zero-order chi connectivity index (χ0) is 15.5. The number of nitrogens with zero attached hydrogens (tertiary/aromatic N) is 2. The third-order valence-corrected chi connectivity index (χ3v) is 4.54. The first-order valence-corrected chi connectivity index (χ1v) is 7.36. The van der Waals surface area contributed by atoms with E-state index < -0.39 is 10.0 Å². The predicted molar refractivity (Wildman–Crippen MR) is 78.9 cm³/mol. The van der Waals surface area contributed by atoms with Crippen LogP contribution in [0.5, 0.6) is 0 Å². The highest BCUT2D eigenvalue weighted by molar-refractivity contribution is 7.89. The molecule has 0 bridgehead atoms. The maximum Gasteiger partial charge on any atom is 0.242 e. The number of carbonyl (C=O) groups excluding carboxylic acids is 1. The minimum absolute atomic E-state index is 0.0942. The van der Waals surface area contributed by atoms with Gasteiger partial charge in [-0.2, -0.15) is 0 Å². The SMILES string of the molecule is CN(C)C(=O)CNc1ccc(S(=O)(=O)N(C)C)cc1N. The minimum atomic E-state index is -3.51. The second kappa shape index (κ2) is 6.10. The van der Waals surface area contributed by atoms with E-state index in [1.165, 1.54) is 31.1 Å². The molecule has 0 radical (unpaired) electrons. The minimum Gasteiger partial charge on any atom is -0.397 e. The summed E-state index contributed by atoms with van der Waals surface area (Å²) in [5, 5.41) is 2.88. The van der Waals surface area contributed by atoms with Gasteiger partial charge in [0.05, 0.1) is 22.8 Å². The second-order valence-electron chi connectivity index (χ2n) is 4.68. The van der Waals surface area contributed by atoms with Gasteiger partial charge >= 0.3 is 0 Å². The third-order valence-electron chi connectivity index (χ3n) is 2.73. The predicted octanol–water partition coefficient (Wildman–Crippen LogP) is 0.0192. The average Bonchev–Trinajstić information content (AvgIpc) is 2.36. The van der Waals surface area contributed by atoms with Crippen molar-refractivity contribution in [3.63, 3.8) is 0 Å². The highest BCUT2D eigenvalue weighted by Crippen LogP contribution is 2.23. The zero-order valence-corrected chi connectivity index (χ0v) is 12.9. The van der Waals surface area contributed by atoms with Crippen molar-refractivity contribution in [1.82, 2.24) is 9.21 Å². The molecule has 0 spiro atoms. The molecule has 0 fully saturated rings. The molecule has 1 amide bonds. The van der Waals surface area contributed by atoms with Gasteiger partial charge in [-0.25, -0.2) is 12.7 Å². The second-order valence-corrected chi connectivity index (χ2v) is 6.83. The van der Waals surface area contributed by atoms with Crippen molar-refractivity contribution in [3.8, 4) is 0 Å². The molecular weight excluding hydrogens is 280 g/mol. The topological polar surface area (TPSA) is 95.7 Å². The lowest BCUT2D eigenvalue weighted by molar-refractivity contribution is -0.126. The summed E-state index contributed by atoms with van der Waals surface area (Å²) in [5.74, 6) is -0.102. The van der Waals surface area contributed by atoms with Crippen molar-refractivity contribution in [2.24, 2.45) is 0 Å². The van der Waals surface area contributed by atoms with Crippen LogP contribution in [0.4, 0.5) is 11.4 Å². The number of likely N-dealkylation sites (N-methyl/N-ethyl adjacent to an activating group) is 1. The van der Waals surface area contributed by atoms with E-state index in [2.05, 4.69) is 5.32 Å². The third kappa shape index (κ3) is 3.61. The van der Waals surface area contributed by atoms with Gasteiger partial charge in [-0.05, 0) is 18.2 Å². The fourth-order valence-corrected chi connectivity index (χ4v) is 2.34. The summed E-state index contributed by atoms with van der Waals surface area (Å²) in [7, 11) is 2.70. The first kappa shape index (κ1) is 16.3. The summed E-state index contributed by atoms with van der Waals surface area (Å²) in [5.41, 5.74) is 6.61. The molecule has 0 aliphatic heterocycles. The molecule has 0 atom stereocenters. The van der Waals surface area contributed by atoms with Crippen LogP contribution >= 0.6 is 0 Å². The molecule has 8 heteroatoms. The van der Waals surface area contributed by atoms with Gasteiger partial charge in [-0.15, -0.1) is 0 Å². The summed E-state index contributed by atoms with van der Waals surface area (Å²) < 4.78 is 25.0. The molecule has 0 saturated carbocycles. The van der Waals surface area contributed by atoms with Crippen molar-refractivity contribution >= 4 is 27.3 Å². The van der Waals surface area contributed by atoms with Crippen LogP contribution in [0.25, 0.3) is 0 Å². The number of nitrogens with two attached hydrogens (primary N) is 1. The van der Waals surface area contributed by atoms with E-state index in [-0.39, 0.29) is 23.0 Å². The molecular formula is C12H20N4O3S. The maximum atomic E-state index is 11.9. The van der Waals surface area contributed by atoms with Crippen molar-refractivity contribution in [1.29, 1.82) is 0 Å². The number of carbonyl (C=O) groups is 1. The standard InChI is InChI=1S/C12H20N4O3S/c1-15(2)12(17)8-14-11-6-5-9(7-10(11)13)20(18,19)16(3)4/h5-7,14H,8,13H2,1-4H3. The summed E-state index contributed by atoms with van der Waals surface area (Å²) in [6.45, 7) is 0.0942. The number of nitrogen functional groups attached to an aromatic ring is 1. The molecule has 0 aliphatic carbocycles. The number of benzene rings is 1. The Bertz CT molecular complexity index is 597. The van der Waals surface area contributed by atoms with Crippen molar-refractivity contribution < 1.29 is 13.2 Å². The lowest BCUT2D eigenvalue weighted by Crippen LogP contribution is -2.28. The molecule has 1 aromatic rings. The van der Waals surface area contributed by atoms with E-state index in [1.807, 2.05) is 0 Å². The van der Waals surface area contributed by atoms with Gasteiger partial charge in [0.2, 0.25) is 15.9 Å². The van der Waals surface area contributed by atoms with Crippen LogP contribution < -0.4 is 11.1 Å². The van der Waals surface area contributed by atoms with Gasteiger partial charge in [0.25, 0.3) is 0 Å². The maximum absolute atomic E-state index is 11.9. The highest BCUT2D eigenvalue weighted by Gasteiger charge is 2.18. The van der Waals surface area contributed by atoms with E-state index in [9.17, 15) is 13.2 Å². The molecule has 7 nitrogen and oxygen atoms in total. The number of hydrogen-bond donors (Lipinski definition) is 2. The zero-order valence-electron chi connectivity index (χ0n) is 12.0. The first-order valence-electron chi connectivity index (χ1n) is 5.92. The highest BCUT2D eigenvalue weighted by atomic mass is 32.2. The van der Waals surface area contributed by atoms with E-state index in [1.54, 1.807) is 20.2 Å². The van der Waals surface area contributed by atoms with Gasteiger partial charge in [0.15, 0.2) is 0 Å². The van der Waals surface area contributed by atoms with Crippen LogP contribution in [0.3, 0.4) is 0 Å². The largest absolute Gasteiger partial charge is 0.397 e. The fourth-order valence-electron chi connectivity index (χ4n) is 1.40. The Morgan fingerprint density at radius 3 is 2.30 bits per heavy atom. The van der Waals surface area contributed by atoms with Crippen LogP contribution in [0.1, 0.15) is 0 Å². The Morgan fingerprint density at radius 1 is 1.25 bits per heavy atom. The lowest BCUT2D eigenvalue weighted by Gasteiger charge is -2.15. The number of nitrogens with one attached hydrogen (secondary N) is 1. The number of amides is 1. The summed E-state index contributed by atoms with van der Waals surface area (Å²) in [6.07, 6.45) is 0. The van der Waals surface area contributed by atoms with Crippen LogP contribution in [0.2, 0.25) is 0 Å². The number of sulfonamides is 1. The smallest absolute Gasteiger partial charge is 0.242 e. The first-order chi connectivity index (χ1) is 9.16. The van der Waals surface area contributed by atoms with Gasteiger partial charge in [-0.3, -0.25) is 4.79 Å². The summed E-state index contributed by atoms with van der Waals surface area (Å²) in [4.78, 5) is 13.0. The van der Waals surface area contributed by atoms with Gasteiger partial charge < -0.3 is 16.0 Å². The Labute approximate surface area is 119 Å². The Kier molecular flexibility index (Phi) is 4.96.